The van der Waals surface area contributed by atoms with Crippen LogP contribution >= 0.6 is 11.6 Å². The van der Waals surface area contributed by atoms with Crippen molar-refractivity contribution >= 4 is 11.6 Å². The van der Waals surface area contributed by atoms with E-state index in [1.54, 1.807) is 0 Å². The van der Waals surface area contributed by atoms with Gasteiger partial charge in [-0.3, -0.25) is 4.90 Å². The van der Waals surface area contributed by atoms with Crippen LogP contribution in [0.4, 0.5) is 0 Å². The molecule has 5 nitrogen and oxygen atoms in total. The van der Waals surface area contributed by atoms with Crippen molar-refractivity contribution in [2.45, 2.75) is 32.5 Å². The fourth-order valence-electron chi connectivity index (χ4n) is 2.52. The minimum atomic E-state index is 0.465. The maximum absolute atomic E-state index is 5.88. The molecule has 6 heteroatoms. The summed E-state index contributed by atoms with van der Waals surface area (Å²) in [7, 11) is 0. The highest BCUT2D eigenvalue weighted by Crippen LogP contribution is 2.21. The SMILES string of the molecule is CC1CN(Cc2nnc(-c3ccc(Cl)cc3)o2)C(C)CN1. The lowest BCUT2D eigenvalue weighted by Crippen LogP contribution is -2.53. The monoisotopic (exact) mass is 306 g/mol. The van der Waals surface area contributed by atoms with E-state index in [4.69, 9.17) is 16.0 Å². The molecule has 0 radical (unpaired) electrons. The lowest BCUT2D eigenvalue weighted by molar-refractivity contribution is 0.127. The van der Waals surface area contributed by atoms with Crippen LogP contribution in [0.25, 0.3) is 11.5 Å². The molecule has 112 valence electrons. The lowest BCUT2D eigenvalue weighted by Gasteiger charge is -2.36. The number of piperazine rings is 1. The van der Waals surface area contributed by atoms with Crippen LogP contribution in [0.15, 0.2) is 28.7 Å². The standard InChI is InChI=1S/C15H19ClN4O/c1-10-8-20(11(2)7-17-10)9-14-18-19-15(21-14)12-3-5-13(16)6-4-12/h3-6,10-11,17H,7-9H2,1-2H3. The predicted molar refractivity (Wildman–Crippen MR) is 82.1 cm³/mol. The van der Waals surface area contributed by atoms with Gasteiger partial charge in [-0.2, -0.15) is 0 Å². The molecule has 0 spiro atoms. The minimum absolute atomic E-state index is 0.465. The van der Waals surface area contributed by atoms with E-state index in [9.17, 15) is 0 Å². The summed E-state index contributed by atoms with van der Waals surface area (Å²) in [5.74, 6) is 1.19. The number of nitrogens with zero attached hydrogens (tertiary/aromatic N) is 3. The first-order valence-corrected chi connectivity index (χ1v) is 7.55. The van der Waals surface area contributed by atoms with Crippen molar-refractivity contribution in [1.82, 2.24) is 20.4 Å². The van der Waals surface area contributed by atoms with Crippen LogP contribution in [0.2, 0.25) is 5.02 Å². The van der Waals surface area contributed by atoms with Crippen LogP contribution in [-0.2, 0) is 6.54 Å². The van der Waals surface area contributed by atoms with Crippen LogP contribution < -0.4 is 5.32 Å². The molecular formula is C15H19ClN4O. The molecule has 2 aromatic rings. The summed E-state index contributed by atoms with van der Waals surface area (Å²) in [6.45, 7) is 7.05. The quantitative estimate of drug-likeness (QED) is 0.944. The van der Waals surface area contributed by atoms with Crippen molar-refractivity contribution in [1.29, 1.82) is 0 Å². The van der Waals surface area contributed by atoms with Gasteiger partial charge in [0.2, 0.25) is 11.8 Å². The highest BCUT2D eigenvalue weighted by atomic mass is 35.5. The van der Waals surface area contributed by atoms with Gasteiger partial charge in [-0.1, -0.05) is 11.6 Å². The van der Waals surface area contributed by atoms with Crippen molar-refractivity contribution in [3.05, 3.63) is 35.2 Å². The van der Waals surface area contributed by atoms with E-state index in [-0.39, 0.29) is 0 Å². The van der Waals surface area contributed by atoms with Crippen LogP contribution in [0, 0.1) is 0 Å². The first-order valence-electron chi connectivity index (χ1n) is 7.17. The van der Waals surface area contributed by atoms with Crippen LogP contribution in [-0.4, -0.2) is 40.3 Å². The molecular weight excluding hydrogens is 288 g/mol. The molecule has 1 aliphatic heterocycles. The molecule has 21 heavy (non-hydrogen) atoms. The average molecular weight is 307 g/mol. The van der Waals surface area contributed by atoms with Crippen molar-refractivity contribution < 1.29 is 4.42 Å². The molecule has 1 aromatic heterocycles. The second-order valence-electron chi connectivity index (χ2n) is 5.60. The molecule has 1 N–H and O–H groups in total. The van der Waals surface area contributed by atoms with Crippen molar-refractivity contribution in [2.75, 3.05) is 13.1 Å². The number of hydrogen-bond acceptors (Lipinski definition) is 5. The smallest absolute Gasteiger partial charge is 0.247 e. The van der Waals surface area contributed by atoms with E-state index in [1.165, 1.54) is 0 Å². The molecule has 3 rings (SSSR count). The normalized spacial score (nSPS) is 23.4. The summed E-state index contributed by atoms with van der Waals surface area (Å²) in [5, 5.41) is 12.4. The zero-order valence-corrected chi connectivity index (χ0v) is 13.0. The zero-order valence-electron chi connectivity index (χ0n) is 12.2. The van der Waals surface area contributed by atoms with Crippen molar-refractivity contribution in [3.63, 3.8) is 0 Å². The largest absolute Gasteiger partial charge is 0.419 e. The van der Waals surface area contributed by atoms with Crippen molar-refractivity contribution in [2.24, 2.45) is 0 Å². The molecule has 0 aliphatic carbocycles. The fraction of sp³-hybridized carbons (Fsp3) is 0.467. The summed E-state index contributed by atoms with van der Waals surface area (Å²) >= 11 is 5.88. The van der Waals surface area contributed by atoms with Gasteiger partial charge in [0.25, 0.3) is 0 Å². The molecule has 0 amide bonds. The number of nitrogens with one attached hydrogen (secondary N) is 1. The van der Waals surface area contributed by atoms with Crippen LogP contribution in [0.5, 0.6) is 0 Å². The Bertz CT molecular complexity index is 598. The highest BCUT2D eigenvalue weighted by molar-refractivity contribution is 6.30. The third-order valence-electron chi connectivity index (χ3n) is 3.79. The van der Waals surface area contributed by atoms with E-state index in [1.807, 2.05) is 24.3 Å². The van der Waals surface area contributed by atoms with Gasteiger partial charge in [-0.15, -0.1) is 10.2 Å². The second-order valence-corrected chi connectivity index (χ2v) is 6.03. The Kier molecular flexibility index (Phi) is 4.24. The highest BCUT2D eigenvalue weighted by Gasteiger charge is 2.24. The Labute approximate surface area is 129 Å². The van der Waals surface area contributed by atoms with E-state index in [0.29, 0.717) is 35.4 Å². The Hall–Kier alpha value is -1.43. The van der Waals surface area contributed by atoms with Gasteiger partial charge >= 0.3 is 0 Å². The molecule has 1 saturated heterocycles. The van der Waals surface area contributed by atoms with Crippen LogP contribution in [0.1, 0.15) is 19.7 Å². The maximum Gasteiger partial charge on any atom is 0.247 e. The van der Waals surface area contributed by atoms with Gasteiger partial charge in [0, 0.05) is 35.8 Å². The topological polar surface area (TPSA) is 54.2 Å². The maximum atomic E-state index is 5.88. The van der Waals surface area contributed by atoms with Gasteiger partial charge in [0.1, 0.15) is 0 Å². The number of hydrogen-bond donors (Lipinski definition) is 1. The summed E-state index contributed by atoms with van der Waals surface area (Å²) in [5.41, 5.74) is 0.889. The van der Waals surface area contributed by atoms with Gasteiger partial charge < -0.3 is 9.73 Å². The first-order chi connectivity index (χ1) is 10.1. The van der Waals surface area contributed by atoms with Crippen LogP contribution in [0.3, 0.4) is 0 Å². The van der Waals surface area contributed by atoms with Gasteiger partial charge in [-0.25, -0.2) is 0 Å². The predicted octanol–water partition coefficient (Wildman–Crippen LogP) is 2.57. The minimum Gasteiger partial charge on any atom is -0.419 e. The summed E-state index contributed by atoms with van der Waals surface area (Å²) in [4.78, 5) is 2.36. The number of rotatable bonds is 3. The molecule has 1 fully saturated rings. The Balaban J connectivity index is 1.71. The summed E-state index contributed by atoms with van der Waals surface area (Å²) in [6, 6.07) is 8.36. The summed E-state index contributed by atoms with van der Waals surface area (Å²) < 4.78 is 5.77. The molecule has 0 saturated carbocycles. The second kappa shape index (κ2) is 6.13. The zero-order chi connectivity index (χ0) is 14.8. The molecule has 1 aromatic carbocycles. The van der Waals surface area contributed by atoms with Crippen molar-refractivity contribution in [3.8, 4) is 11.5 Å². The Morgan fingerprint density at radius 3 is 2.81 bits per heavy atom. The van der Waals surface area contributed by atoms with E-state index in [2.05, 4.69) is 34.3 Å². The third-order valence-corrected chi connectivity index (χ3v) is 4.04. The Morgan fingerprint density at radius 2 is 2.05 bits per heavy atom. The van der Waals surface area contributed by atoms with E-state index >= 15 is 0 Å². The number of benzene rings is 1. The van der Waals surface area contributed by atoms with Gasteiger partial charge in [0.15, 0.2) is 0 Å². The third kappa shape index (κ3) is 3.43. The molecule has 2 atom stereocenters. The fourth-order valence-corrected chi connectivity index (χ4v) is 2.64. The molecule has 0 bridgehead atoms. The molecule has 2 heterocycles. The number of aromatic nitrogens is 2. The number of halogens is 1. The first kappa shape index (κ1) is 14.5. The van der Waals surface area contributed by atoms with Gasteiger partial charge in [0.05, 0.1) is 6.54 Å². The van der Waals surface area contributed by atoms with E-state index < -0.39 is 0 Å². The average Bonchev–Trinajstić information content (AvgIpc) is 2.92. The lowest BCUT2D eigenvalue weighted by atomic mass is 10.1. The summed E-state index contributed by atoms with van der Waals surface area (Å²) in [6.07, 6.45) is 0. The molecule has 1 aliphatic rings. The molecule has 2 unspecified atom stereocenters. The Morgan fingerprint density at radius 1 is 1.29 bits per heavy atom. The van der Waals surface area contributed by atoms with E-state index in [0.717, 1.165) is 18.7 Å². The van der Waals surface area contributed by atoms with Gasteiger partial charge in [-0.05, 0) is 38.1 Å².